The highest BCUT2D eigenvalue weighted by Crippen LogP contribution is 2.68. The second-order valence-corrected chi connectivity index (χ2v) is 10.4. The molecule has 10 atom stereocenters. The van der Waals surface area contributed by atoms with Crippen LogP contribution in [0.2, 0.25) is 0 Å². The van der Waals surface area contributed by atoms with Crippen molar-refractivity contribution in [1.82, 2.24) is 0 Å². The Hall–Kier alpha value is 0.00987. The number of hydrogen-bond acceptors (Lipinski definition) is 3. The van der Waals surface area contributed by atoms with Crippen LogP contribution in [0.25, 0.3) is 0 Å². The third-order valence-electron chi connectivity index (χ3n) is 10.0. The Balaban J connectivity index is 1.71. The van der Waals surface area contributed by atoms with Crippen molar-refractivity contribution in [3.63, 3.8) is 0 Å². The van der Waals surface area contributed by atoms with Crippen molar-refractivity contribution >= 4 is 16.1 Å². The van der Waals surface area contributed by atoms with E-state index in [1.165, 1.54) is 25.7 Å². The van der Waals surface area contributed by atoms with Crippen molar-refractivity contribution < 1.29 is 14.0 Å². The Morgan fingerprint density at radius 3 is 2.37 bits per heavy atom. The minimum atomic E-state index is 0.144. The van der Waals surface area contributed by atoms with Gasteiger partial charge in [0.15, 0.2) is 0 Å². The molecule has 0 amide bonds. The maximum Gasteiger partial charge on any atom is 0.283 e. The minimum Gasteiger partial charge on any atom is -0.445 e. The van der Waals surface area contributed by atoms with Gasteiger partial charge in [-0.05, 0) is 85.4 Å². The fourth-order valence-electron chi connectivity index (χ4n) is 8.44. The van der Waals surface area contributed by atoms with Crippen LogP contribution in [0.1, 0.15) is 72.1 Å². The molecule has 3 nitrogen and oxygen atoms in total. The van der Waals surface area contributed by atoms with Crippen LogP contribution in [0, 0.1) is 40.4 Å². The molecule has 4 aliphatic rings. The molecular weight excluding hydrogens is 334 g/mol. The summed E-state index contributed by atoms with van der Waals surface area (Å²) in [6.45, 7) is 7.28. The van der Waals surface area contributed by atoms with Gasteiger partial charge in [-0.1, -0.05) is 27.2 Å². The molecule has 0 spiro atoms. The molecule has 4 fully saturated rings. The van der Waals surface area contributed by atoms with Crippen LogP contribution in [-0.2, 0) is 14.0 Å². The first kappa shape index (κ1) is 20.3. The van der Waals surface area contributed by atoms with E-state index in [0.29, 0.717) is 41.1 Å². The number of hydrogen-bond donors (Lipinski definition) is 0. The molecule has 4 aliphatic carbocycles. The Labute approximate surface area is 168 Å². The lowest BCUT2D eigenvalue weighted by Crippen LogP contribution is -2.62. The van der Waals surface area contributed by atoms with Crippen molar-refractivity contribution in [2.75, 3.05) is 7.11 Å². The zero-order valence-electron chi connectivity index (χ0n) is 17.7. The molecule has 27 heavy (non-hydrogen) atoms. The van der Waals surface area contributed by atoms with Crippen LogP contribution in [0.5, 0.6) is 0 Å². The molecular formula is C22H36B2O3. The monoisotopic (exact) mass is 370 g/mol. The van der Waals surface area contributed by atoms with E-state index in [1.54, 1.807) is 0 Å². The number of rotatable bonds is 4. The summed E-state index contributed by atoms with van der Waals surface area (Å²) in [6.07, 6.45) is 10.1. The summed E-state index contributed by atoms with van der Waals surface area (Å²) in [4.78, 5) is 0. The molecule has 3 unspecified atom stereocenters. The van der Waals surface area contributed by atoms with Gasteiger partial charge < -0.3 is 14.0 Å². The quantitative estimate of drug-likeness (QED) is 0.694. The Morgan fingerprint density at radius 1 is 0.963 bits per heavy atom. The van der Waals surface area contributed by atoms with E-state index >= 15 is 0 Å². The van der Waals surface area contributed by atoms with Crippen molar-refractivity contribution in [3.8, 4) is 0 Å². The average molecular weight is 370 g/mol. The highest BCUT2D eigenvalue weighted by atomic mass is 16.5. The molecule has 4 radical (unpaired) electrons. The van der Waals surface area contributed by atoms with Crippen LogP contribution in [0.4, 0.5) is 0 Å². The predicted octanol–water partition coefficient (Wildman–Crippen LogP) is 4.23. The predicted molar refractivity (Wildman–Crippen MR) is 108 cm³/mol. The molecule has 0 saturated heterocycles. The van der Waals surface area contributed by atoms with Crippen LogP contribution >= 0.6 is 0 Å². The third kappa shape index (κ3) is 2.81. The molecule has 0 heterocycles. The largest absolute Gasteiger partial charge is 0.445 e. The van der Waals surface area contributed by atoms with Gasteiger partial charge in [0.05, 0.1) is 6.10 Å². The maximum atomic E-state index is 5.93. The maximum absolute atomic E-state index is 5.93. The van der Waals surface area contributed by atoms with E-state index in [4.69, 9.17) is 30.1 Å². The Morgan fingerprint density at radius 2 is 1.74 bits per heavy atom. The smallest absolute Gasteiger partial charge is 0.283 e. The standard InChI is InChI=1S/C22H36B2O3/c1-5-13-6-7-16-20-17(12-19(27-24)22(13,16)3)21(2)9-8-15(25-4)10-14(21)11-18(20)26-23/h13-20H,5-12H2,1-4H3/t13?,14?,15-,16+,17+,18-,19+,20?,21+,22-/m1/s1. The number of fused-ring (bicyclic) bond motifs is 5. The van der Waals surface area contributed by atoms with Crippen LogP contribution in [-0.4, -0.2) is 41.5 Å². The lowest BCUT2D eigenvalue weighted by atomic mass is 9.43. The minimum absolute atomic E-state index is 0.144. The number of methoxy groups -OCH3 is 1. The van der Waals surface area contributed by atoms with E-state index in [1.807, 2.05) is 7.11 Å². The molecule has 0 bridgehead atoms. The summed E-state index contributed by atoms with van der Waals surface area (Å²) < 4.78 is 17.2. The second-order valence-electron chi connectivity index (χ2n) is 10.4. The highest BCUT2D eigenvalue weighted by Gasteiger charge is 2.65. The molecule has 4 rings (SSSR count). The molecule has 0 aromatic heterocycles. The van der Waals surface area contributed by atoms with Gasteiger partial charge in [0.2, 0.25) is 0 Å². The van der Waals surface area contributed by atoms with Gasteiger partial charge in [0.25, 0.3) is 16.1 Å². The molecule has 4 saturated carbocycles. The molecule has 148 valence electrons. The first-order valence-corrected chi connectivity index (χ1v) is 11.2. The first-order valence-electron chi connectivity index (χ1n) is 11.2. The SMILES string of the molecule is [B]O[C@H]1C[C@H]2C([C@H](O[B])CC3C[C@H](OC)CC[C@@]32C)[C@@H]2CCC(CC)[C@@]12C. The lowest BCUT2D eigenvalue weighted by Gasteiger charge is -2.64. The zero-order chi connectivity index (χ0) is 19.4. The topological polar surface area (TPSA) is 27.7 Å². The third-order valence-corrected chi connectivity index (χ3v) is 10.0. The fourth-order valence-corrected chi connectivity index (χ4v) is 8.44. The lowest BCUT2D eigenvalue weighted by molar-refractivity contribution is -0.195. The van der Waals surface area contributed by atoms with Crippen molar-refractivity contribution in [2.24, 2.45) is 40.4 Å². The summed E-state index contributed by atoms with van der Waals surface area (Å²) in [6, 6.07) is 0. The normalized spacial score (nSPS) is 54.8. The molecule has 0 N–H and O–H groups in total. The summed E-state index contributed by atoms with van der Waals surface area (Å²) in [5.41, 5.74) is 0.464. The van der Waals surface area contributed by atoms with E-state index in [-0.39, 0.29) is 17.6 Å². The van der Waals surface area contributed by atoms with E-state index in [0.717, 1.165) is 25.7 Å². The Kier molecular flexibility index (Phi) is 5.53. The van der Waals surface area contributed by atoms with Crippen LogP contribution < -0.4 is 0 Å². The van der Waals surface area contributed by atoms with Gasteiger partial charge in [-0.25, -0.2) is 0 Å². The van der Waals surface area contributed by atoms with E-state index in [9.17, 15) is 0 Å². The van der Waals surface area contributed by atoms with E-state index < -0.39 is 0 Å². The molecule has 0 aromatic carbocycles. The summed E-state index contributed by atoms with van der Waals surface area (Å²) >= 11 is 0. The van der Waals surface area contributed by atoms with E-state index in [2.05, 4.69) is 20.8 Å². The molecule has 0 aromatic rings. The summed E-state index contributed by atoms with van der Waals surface area (Å²) in [5.74, 6) is 3.00. The van der Waals surface area contributed by atoms with Crippen molar-refractivity contribution in [2.45, 2.75) is 90.4 Å². The van der Waals surface area contributed by atoms with Gasteiger partial charge in [0, 0.05) is 19.3 Å². The molecule has 0 aliphatic heterocycles. The van der Waals surface area contributed by atoms with Gasteiger partial charge in [0.1, 0.15) is 0 Å². The summed E-state index contributed by atoms with van der Waals surface area (Å²) in [5, 5.41) is 0. The van der Waals surface area contributed by atoms with Gasteiger partial charge >= 0.3 is 0 Å². The van der Waals surface area contributed by atoms with Gasteiger partial charge in [-0.3, -0.25) is 0 Å². The first-order chi connectivity index (χ1) is 12.9. The second kappa shape index (κ2) is 7.36. The average Bonchev–Trinajstić information content (AvgIpc) is 3.03. The van der Waals surface area contributed by atoms with Gasteiger partial charge in [-0.15, -0.1) is 0 Å². The molecule has 5 heteroatoms. The fraction of sp³-hybridized carbons (Fsp3) is 1.00. The zero-order valence-corrected chi connectivity index (χ0v) is 17.7. The number of ether oxygens (including phenoxy) is 1. The Bertz CT molecular complexity index is 546. The highest BCUT2D eigenvalue weighted by molar-refractivity contribution is 5.98. The van der Waals surface area contributed by atoms with Crippen molar-refractivity contribution in [3.05, 3.63) is 0 Å². The van der Waals surface area contributed by atoms with Crippen molar-refractivity contribution in [1.29, 1.82) is 0 Å². The summed E-state index contributed by atoms with van der Waals surface area (Å²) in [7, 11) is 13.7. The van der Waals surface area contributed by atoms with Crippen LogP contribution in [0.3, 0.4) is 0 Å². The van der Waals surface area contributed by atoms with Gasteiger partial charge in [-0.2, -0.15) is 0 Å². The van der Waals surface area contributed by atoms with Crippen LogP contribution in [0.15, 0.2) is 0 Å².